The van der Waals surface area contributed by atoms with Crippen LogP contribution >= 0.6 is 0 Å². The van der Waals surface area contributed by atoms with Gasteiger partial charge in [0, 0.05) is 19.3 Å². The Hall–Kier alpha value is -0.0800. The lowest BCUT2D eigenvalue weighted by Crippen LogP contribution is -2.24. The Morgan fingerprint density at radius 1 is 0.875 bits per heavy atom. The van der Waals surface area contributed by atoms with Gasteiger partial charge in [0.15, 0.2) is 0 Å². The molecule has 0 aliphatic rings. The maximum Gasteiger partial charge on any atom is 0.0478 e. The highest BCUT2D eigenvalue weighted by atomic mass is 16.5. The van der Waals surface area contributed by atoms with Crippen LogP contribution in [0.3, 0.4) is 0 Å². The van der Waals surface area contributed by atoms with Gasteiger partial charge in [-0.05, 0) is 19.4 Å². The average Bonchev–Trinajstić information content (AvgIpc) is 2.25. The molecule has 0 heterocycles. The van der Waals surface area contributed by atoms with Crippen LogP contribution in [0, 0.1) is 0 Å². The first-order chi connectivity index (χ1) is 7.77. The summed E-state index contributed by atoms with van der Waals surface area (Å²) >= 11 is 0. The van der Waals surface area contributed by atoms with Crippen molar-refractivity contribution in [2.45, 2.75) is 71.8 Å². The van der Waals surface area contributed by atoms with Crippen molar-refractivity contribution in [1.29, 1.82) is 0 Å². The topological polar surface area (TPSA) is 21.3 Å². The Labute approximate surface area is 102 Å². The van der Waals surface area contributed by atoms with Crippen LogP contribution in [-0.4, -0.2) is 25.8 Å². The minimum absolute atomic E-state index is 0.596. The quantitative estimate of drug-likeness (QED) is 0.515. The van der Waals surface area contributed by atoms with Gasteiger partial charge in [0.05, 0.1) is 0 Å². The van der Waals surface area contributed by atoms with Crippen LogP contribution in [0.15, 0.2) is 0 Å². The molecule has 0 aromatic carbocycles. The third-order valence-electron chi connectivity index (χ3n) is 2.66. The molecule has 0 aromatic rings. The zero-order chi connectivity index (χ0) is 12.1. The molecule has 0 radical (unpaired) electrons. The fourth-order valence-corrected chi connectivity index (χ4v) is 1.65. The van der Waals surface area contributed by atoms with Crippen LogP contribution in [0.1, 0.15) is 65.7 Å². The Morgan fingerprint density at radius 3 is 2.19 bits per heavy atom. The van der Waals surface area contributed by atoms with Gasteiger partial charge in [0.1, 0.15) is 0 Å². The number of hydrogen-bond donors (Lipinski definition) is 1. The summed E-state index contributed by atoms with van der Waals surface area (Å²) in [5, 5.41) is 3.39. The SMILES string of the molecule is CCCCCCCCOCCCNC(C)C. The molecule has 0 spiro atoms. The van der Waals surface area contributed by atoms with Crippen molar-refractivity contribution >= 4 is 0 Å². The molecule has 0 amide bonds. The van der Waals surface area contributed by atoms with Crippen molar-refractivity contribution in [2.75, 3.05) is 19.8 Å². The maximum atomic E-state index is 5.58. The fraction of sp³-hybridized carbons (Fsp3) is 1.00. The van der Waals surface area contributed by atoms with Gasteiger partial charge in [-0.2, -0.15) is 0 Å². The van der Waals surface area contributed by atoms with Gasteiger partial charge in [0.25, 0.3) is 0 Å². The van der Waals surface area contributed by atoms with Gasteiger partial charge in [-0.25, -0.2) is 0 Å². The molecule has 0 aromatic heterocycles. The average molecular weight is 229 g/mol. The lowest BCUT2D eigenvalue weighted by atomic mass is 10.1. The van der Waals surface area contributed by atoms with Crippen LogP contribution < -0.4 is 5.32 Å². The molecule has 0 aliphatic heterocycles. The van der Waals surface area contributed by atoms with Gasteiger partial charge in [-0.1, -0.05) is 52.9 Å². The first-order valence-electron chi connectivity index (χ1n) is 7.08. The molecule has 0 rings (SSSR count). The normalized spacial score (nSPS) is 11.2. The van der Waals surface area contributed by atoms with E-state index in [2.05, 4.69) is 26.1 Å². The standard InChI is InChI=1S/C14H31NO/c1-4-5-6-7-8-9-12-16-13-10-11-15-14(2)3/h14-15H,4-13H2,1-3H3. The lowest BCUT2D eigenvalue weighted by molar-refractivity contribution is 0.127. The van der Waals surface area contributed by atoms with Crippen molar-refractivity contribution in [1.82, 2.24) is 5.32 Å². The van der Waals surface area contributed by atoms with E-state index < -0.39 is 0 Å². The molecule has 2 heteroatoms. The van der Waals surface area contributed by atoms with Gasteiger partial charge in [-0.15, -0.1) is 0 Å². The van der Waals surface area contributed by atoms with E-state index in [-0.39, 0.29) is 0 Å². The predicted octanol–water partition coefficient (Wildman–Crippen LogP) is 3.75. The van der Waals surface area contributed by atoms with Crippen LogP contribution in [0.4, 0.5) is 0 Å². The highest BCUT2D eigenvalue weighted by Gasteiger charge is 1.93. The molecule has 0 atom stereocenters. The molecule has 0 saturated carbocycles. The first kappa shape index (κ1) is 15.9. The van der Waals surface area contributed by atoms with E-state index in [0.29, 0.717) is 6.04 Å². The Bertz CT molecular complexity index is 126. The Kier molecular flexibility index (Phi) is 12.9. The van der Waals surface area contributed by atoms with Crippen molar-refractivity contribution in [3.8, 4) is 0 Å². The smallest absolute Gasteiger partial charge is 0.0478 e. The summed E-state index contributed by atoms with van der Waals surface area (Å²) in [4.78, 5) is 0. The van der Waals surface area contributed by atoms with Crippen molar-refractivity contribution in [2.24, 2.45) is 0 Å². The molecule has 0 saturated heterocycles. The van der Waals surface area contributed by atoms with Gasteiger partial charge in [0.2, 0.25) is 0 Å². The second-order valence-corrected chi connectivity index (χ2v) is 4.84. The molecule has 0 bridgehead atoms. The summed E-state index contributed by atoms with van der Waals surface area (Å²) < 4.78 is 5.58. The molecule has 16 heavy (non-hydrogen) atoms. The molecular formula is C14H31NO. The summed E-state index contributed by atoms with van der Waals surface area (Å²) in [6.45, 7) is 9.55. The minimum Gasteiger partial charge on any atom is -0.381 e. The zero-order valence-electron chi connectivity index (χ0n) is 11.6. The second kappa shape index (κ2) is 13.0. The zero-order valence-corrected chi connectivity index (χ0v) is 11.6. The van der Waals surface area contributed by atoms with Crippen molar-refractivity contribution in [3.05, 3.63) is 0 Å². The number of hydrogen-bond acceptors (Lipinski definition) is 2. The number of nitrogens with one attached hydrogen (secondary N) is 1. The summed E-state index contributed by atoms with van der Waals surface area (Å²) in [6, 6.07) is 0.596. The molecule has 0 fully saturated rings. The Morgan fingerprint density at radius 2 is 1.50 bits per heavy atom. The number of rotatable bonds is 12. The van der Waals surface area contributed by atoms with E-state index in [1.54, 1.807) is 0 Å². The molecule has 0 unspecified atom stereocenters. The predicted molar refractivity (Wildman–Crippen MR) is 72.0 cm³/mol. The van der Waals surface area contributed by atoms with E-state index in [1.165, 1.54) is 38.5 Å². The van der Waals surface area contributed by atoms with Gasteiger partial charge in [-0.3, -0.25) is 0 Å². The van der Waals surface area contributed by atoms with Gasteiger partial charge < -0.3 is 10.1 Å². The van der Waals surface area contributed by atoms with Gasteiger partial charge >= 0.3 is 0 Å². The highest BCUT2D eigenvalue weighted by molar-refractivity contribution is 4.51. The third kappa shape index (κ3) is 13.9. The highest BCUT2D eigenvalue weighted by Crippen LogP contribution is 2.04. The van der Waals surface area contributed by atoms with E-state index in [4.69, 9.17) is 4.74 Å². The van der Waals surface area contributed by atoms with E-state index in [0.717, 1.165) is 26.2 Å². The summed E-state index contributed by atoms with van der Waals surface area (Å²) in [7, 11) is 0. The summed E-state index contributed by atoms with van der Waals surface area (Å²) in [6.07, 6.45) is 9.21. The van der Waals surface area contributed by atoms with Crippen molar-refractivity contribution < 1.29 is 4.74 Å². The maximum absolute atomic E-state index is 5.58. The molecule has 98 valence electrons. The number of ether oxygens (including phenoxy) is 1. The van der Waals surface area contributed by atoms with E-state index in [9.17, 15) is 0 Å². The fourth-order valence-electron chi connectivity index (χ4n) is 1.65. The van der Waals surface area contributed by atoms with Crippen LogP contribution in [0.25, 0.3) is 0 Å². The van der Waals surface area contributed by atoms with Crippen LogP contribution in [-0.2, 0) is 4.74 Å². The number of unbranched alkanes of at least 4 members (excludes halogenated alkanes) is 5. The van der Waals surface area contributed by atoms with E-state index >= 15 is 0 Å². The molecule has 1 N–H and O–H groups in total. The molecule has 0 aliphatic carbocycles. The van der Waals surface area contributed by atoms with Crippen LogP contribution in [0.2, 0.25) is 0 Å². The first-order valence-corrected chi connectivity index (χ1v) is 7.08. The summed E-state index contributed by atoms with van der Waals surface area (Å²) in [5.41, 5.74) is 0. The monoisotopic (exact) mass is 229 g/mol. The Balaban J connectivity index is 2.88. The second-order valence-electron chi connectivity index (χ2n) is 4.84. The minimum atomic E-state index is 0.596. The third-order valence-corrected chi connectivity index (χ3v) is 2.66. The molecular weight excluding hydrogens is 198 g/mol. The van der Waals surface area contributed by atoms with Crippen molar-refractivity contribution in [3.63, 3.8) is 0 Å². The largest absolute Gasteiger partial charge is 0.381 e. The van der Waals surface area contributed by atoms with Crippen LogP contribution in [0.5, 0.6) is 0 Å². The lowest BCUT2D eigenvalue weighted by Gasteiger charge is -2.08. The van der Waals surface area contributed by atoms with E-state index in [1.807, 2.05) is 0 Å². The summed E-state index contributed by atoms with van der Waals surface area (Å²) in [5.74, 6) is 0. The molecule has 2 nitrogen and oxygen atoms in total.